The van der Waals surface area contributed by atoms with E-state index in [0.29, 0.717) is 6.20 Å². The number of aliphatic hydroxyl groups excluding tert-OH is 1. The molecule has 148 valence electrons. The third-order valence-electron chi connectivity index (χ3n) is 3.81. The molecule has 1 fully saturated rings. The molecule has 0 aromatic carbocycles. The number of carbonyl (C=O) groups is 1. The van der Waals surface area contributed by atoms with Gasteiger partial charge in [0.1, 0.15) is 18.9 Å². The van der Waals surface area contributed by atoms with Crippen molar-refractivity contribution >= 4 is 18.4 Å². The molecule has 12 heteroatoms. The fourth-order valence-corrected chi connectivity index (χ4v) is 2.33. The number of rotatable bonds is 6. The van der Waals surface area contributed by atoms with E-state index in [9.17, 15) is 23.9 Å². The highest BCUT2D eigenvalue weighted by atomic mass is 35.5. The summed E-state index contributed by atoms with van der Waals surface area (Å²) in [6, 6.07) is 0. The van der Waals surface area contributed by atoms with Gasteiger partial charge in [0.15, 0.2) is 0 Å². The molecule has 1 aliphatic heterocycles. The largest absolute Gasteiger partial charge is 0.462 e. The number of hydrogen-bond acceptors (Lipinski definition) is 8. The van der Waals surface area contributed by atoms with E-state index in [4.69, 9.17) is 15.4 Å². The molecule has 0 spiro atoms. The summed E-state index contributed by atoms with van der Waals surface area (Å²) in [6.07, 6.45) is -2.30. The van der Waals surface area contributed by atoms with Gasteiger partial charge in [0.2, 0.25) is 5.82 Å². The van der Waals surface area contributed by atoms with Crippen LogP contribution >= 0.6 is 12.4 Å². The molecule has 2 heterocycles. The normalized spacial score (nSPS) is 22.7. The van der Waals surface area contributed by atoms with Gasteiger partial charge in [-0.2, -0.15) is 4.39 Å². The van der Waals surface area contributed by atoms with E-state index in [2.05, 4.69) is 4.84 Å². The van der Waals surface area contributed by atoms with Gasteiger partial charge in [0.05, 0.1) is 24.3 Å². The molecule has 0 saturated carbocycles. The van der Waals surface area contributed by atoms with Crippen molar-refractivity contribution in [3.8, 4) is 0 Å². The summed E-state index contributed by atoms with van der Waals surface area (Å²) in [5.41, 5.74) is -3.01. The van der Waals surface area contributed by atoms with Crippen molar-refractivity contribution in [3.63, 3.8) is 0 Å². The Morgan fingerprint density at radius 2 is 2.19 bits per heavy atom. The van der Waals surface area contributed by atoms with Gasteiger partial charge in [-0.15, -0.1) is 12.4 Å². The average molecular weight is 398 g/mol. The number of aromatic amines is 1. The van der Waals surface area contributed by atoms with Gasteiger partial charge in [-0.3, -0.25) is 19.1 Å². The van der Waals surface area contributed by atoms with Crippen LogP contribution in [0.1, 0.15) is 26.5 Å². The fourth-order valence-electron chi connectivity index (χ4n) is 2.33. The van der Waals surface area contributed by atoms with Gasteiger partial charge in [0.25, 0.3) is 5.56 Å². The number of halogens is 2. The monoisotopic (exact) mass is 397 g/mol. The lowest BCUT2D eigenvalue weighted by atomic mass is 9.95. The third-order valence-corrected chi connectivity index (χ3v) is 3.81. The Morgan fingerprint density at radius 3 is 2.81 bits per heavy atom. The van der Waals surface area contributed by atoms with E-state index in [-0.39, 0.29) is 32.0 Å². The zero-order valence-electron chi connectivity index (χ0n) is 14.1. The third kappa shape index (κ3) is 4.89. The van der Waals surface area contributed by atoms with Crippen LogP contribution in [0.3, 0.4) is 0 Å². The molecule has 2 rings (SSSR count). The minimum absolute atomic E-state index is 0. The molecule has 0 radical (unpaired) electrons. The number of nitrogens with zero attached hydrogens (tertiary/aromatic N) is 1. The first kappa shape index (κ1) is 22.3. The molecule has 0 aliphatic carbocycles. The van der Waals surface area contributed by atoms with Crippen LogP contribution in [0.5, 0.6) is 0 Å². The van der Waals surface area contributed by atoms with E-state index in [0.717, 1.165) is 4.57 Å². The van der Waals surface area contributed by atoms with Crippen LogP contribution in [0.4, 0.5) is 4.39 Å². The molecule has 10 nitrogen and oxygen atoms in total. The second-order valence-electron chi connectivity index (χ2n) is 6.37. The van der Waals surface area contributed by atoms with Crippen molar-refractivity contribution in [2.45, 2.75) is 38.7 Å². The SMILES string of the molecule is CC(C)(CON)C(=O)OC[C@H]1O[C@@H](n2cc(F)c(=O)[nH]c2=O)C[C@@H]1O.Cl. The van der Waals surface area contributed by atoms with E-state index < -0.39 is 46.9 Å². The maximum absolute atomic E-state index is 13.4. The lowest BCUT2D eigenvalue weighted by molar-refractivity contribution is -0.163. The predicted octanol–water partition coefficient (Wildman–Crippen LogP) is -0.794. The van der Waals surface area contributed by atoms with Gasteiger partial charge in [-0.25, -0.2) is 10.7 Å². The maximum Gasteiger partial charge on any atom is 0.330 e. The lowest BCUT2D eigenvalue weighted by Gasteiger charge is -2.23. The number of nitrogens with two attached hydrogens (primary N) is 1. The number of ether oxygens (including phenoxy) is 2. The number of esters is 1. The molecule has 3 atom stereocenters. The Balaban J connectivity index is 0.00000338. The van der Waals surface area contributed by atoms with Gasteiger partial charge >= 0.3 is 11.7 Å². The van der Waals surface area contributed by atoms with E-state index in [1.54, 1.807) is 18.8 Å². The highest BCUT2D eigenvalue weighted by Gasteiger charge is 2.38. The fraction of sp³-hybridized carbons (Fsp3) is 0.643. The molecular weight excluding hydrogens is 377 g/mol. The summed E-state index contributed by atoms with van der Waals surface area (Å²) >= 11 is 0. The molecule has 1 aromatic heterocycles. The van der Waals surface area contributed by atoms with Crippen LogP contribution in [0, 0.1) is 11.2 Å². The van der Waals surface area contributed by atoms with Gasteiger partial charge in [-0.1, -0.05) is 0 Å². The van der Waals surface area contributed by atoms with E-state index >= 15 is 0 Å². The summed E-state index contributed by atoms with van der Waals surface area (Å²) in [5.74, 6) is 3.19. The Hall–Kier alpha value is -1.79. The Labute approximate surface area is 153 Å². The lowest BCUT2D eigenvalue weighted by Crippen LogP contribution is -2.36. The van der Waals surface area contributed by atoms with Crippen molar-refractivity contribution in [1.29, 1.82) is 0 Å². The molecule has 1 saturated heterocycles. The first-order valence-corrected chi connectivity index (χ1v) is 7.49. The summed E-state index contributed by atoms with van der Waals surface area (Å²) in [4.78, 5) is 41.0. The molecule has 0 bridgehead atoms. The minimum atomic E-state index is -1.16. The molecule has 4 N–H and O–H groups in total. The standard InChI is InChI=1S/C14H20FN3O7.ClH/c1-14(2,6-24-16)12(21)23-5-9-8(19)3-10(25-9)18-4-7(15)11(20)17-13(18)22;/h4,8-10,19H,3,5-6,16H2,1-2H3,(H,17,20,22);1H/t8-,9+,10+;/m0./s1. The maximum atomic E-state index is 13.4. The Kier molecular flexibility index (Phi) is 7.47. The van der Waals surface area contributed by atoms with Gasteiger partial charge in [-0.05, 0) is 13.8 Å². The van der Waals surface area contributed by atoms with Crippen LogP contribution in [0.25, 0.3) is 0 Å². The van der Waals surface area contributed by atoms with Crippen LogP contribution in [-0.2, 0) is 19.1 Å². The molecule has 1 aromatic rings. The number of aromatic nitrogens is 2. The van der Waals surface area contributed by atoms with E-state index in [1.807, 2.05) is 0 Å². The molecule has 1 aliphatic rings. The van der Waals surface area contributed by atoms with Gasteiger partial charge < -0.3 is 19.4 Å². The average Bonchev–Trinajstić information content (AvgIpc) is 2.89. The summed E-state index contributed by atoms with van der Waals surface area (Å²) in [7, 11) is 0. The minimum Gasteiger partial charge on any atom is -0.462 e. The first-order chi connectivity index (χ1) is 11.7. The topological polar surface area (TPSA) is 146 Å². The number of hydrogen-bond donors (Lipinski definition) is 3. The number of H-pyrrole nitrogens is 1. The van der Waals surface area contributed by atoms with Crippen LogP contribution in [0.15, 0.2) is 15.8 Å². The number of carbonyl (C=O) groups excluding carboxylic acids is 1. The molecular formula is C14H21ClFN3O7. The van der Waals surface area contributed by atoms with Crippen LogP contribution in [-0.4, -0.2) is 46.0 Å². The molecule has 26 heavy (non-hydrogen) atoms. The predicted molar refractivity (Wildman–Crippen MR) is 87.9 cm³/mol. The quantitative estimate of drug-likeness (QED) is 0.418. The highest BCUT2D eigenvalue weighted by Crippen LogP contribution is 2.28. The van der Waals surface area contributed by atoms with Crippen molar-refractivity contribution in [2.75, 3.05) is 13.2 Å². The zero-order chi connectivity index (χ0) is 18.8. The van der Waals surface area contributed by atoms with E-state index in [1.165, 1.54) is 0 Å². The molecule has 0 amide bonds. The summed E-state index contributed by atoms with van der Waals surface area (Å²) < 4.78 is 24.7. The first-order valence-electron chi connectivity index (χ1n) is 7.49. The van der Waals surface area contributed by atoms with Crippen molar-refractivity contribution < 1.29 is 28.6 Å². The Bertz CT molecular complexity index is 751. The highest BCUT2D eigenvalue weighted by molar-refractivity contribution is 5.85. The second kappa shape index (κ2) is 8.73. The summed E-state index contributed by atoms with van der Waals surface area (Å²) in [6.45, 7) is 2.80. The van der Waals surface area contributed by atoms with Crippen molar-refractivity contribution in [1.82, 2.24) is 9.55 Å². The van der Waals surface area contributed by atoms with Gasteiger partial charge in [0, 0.05) is 6.42 Å². The van der Waals surface area contributed by atoms with Crippen molar-refractivity contribution in [3.05, 3.63) is 32.9 Å². The number of nitrogens with one attached hydrogen (secondary N) is 1. The smallest absolute Gasteiger partial charge is 0.330 e. The van der Waals surface area contributed by atoms with Crippen LogP contribution < -0.4 is 17.1 Å². The Morgan fingerprint density at radius 1 is 1.54 bits per heavy atom. The zero-order valence-corrected chi connectivity index (χ0v) is 15.0. The second-order valence-corrected chi connectivity index (χ2v) is 6.37. The number of aliphatic hydroxyl groups is 1. The molecule has 0 unspecified atom stereocenters. The summed E-state index contributed by atoms with van der Waals surface area (Å²) in [5, 5.41) is 10.0. The van der Waals surface area contributed by atoms with Crippen molar-refractivity contribution in [2.24, 2.45) is 11.3 Å². The van der Waals surface area contributed by atoms with Crippen LogP contribution in [0.2, 0.25) is 0 Å².